The van der Waals surface area contributed by atoms with E-state index in [0.29, 0.717) is 17.9 Å². The van der Waals surface area contributed by atoms with Crippen molar-refractivity contribution in [2.24, 2.45) is 0 Å². The van der Waals surface area contributed by atoms with E-state index in [2.05, 4.69) is 0 Å². The van der Waals surface area contributed by atoms with Gasteiger partial charge in [-0.3, -0.25) is 4.79 Å². The van der Waals surface area contributed by atoms with Gasteiger partial charge in [0.05, 0.1) is 0 Å². The normalized spacial score (nSPS) is 9.94. The second-order valence-corrected chi connectivity index (χ2v) is 3.56. The fourth-order valence-corrected chi connectivity index (χ4v) is 1.47. The van der Waals surface area contributed by atoms with Crippen LogP contribution in [-0.4, -0.2) is 6.29 Å². The average molecular weight is 230 g/mol. The fraction of sp³-hybridized carbons (Fsp3) is 0.0714. The van der Waals surface area contributed by atoms with Gasteiger partial charge in [-0.25, -0.2) is 4.39 Å². The molecule has 86 valence electrons. The summed E-state index contributed by atoms with van der Waals surface area (Å²) in [7, 11) is 0. The van der Waals surface area contributed by atoms with Crippen molar-refractivity contribution < 1.29 is 13.9 Å². The van der Waals surface area contributed by atoms with E-state index >= 15 is 0 Å². The molecule has 0 aromatic heterocycles. The Balaban J connectivity index is 2.07. The van der Waals surface area contributed by atoms with E-state index in [1.54, 1.807) is 24.3 Å². The molecule has 0 saturated carbocycles. The lowest BCUT2D eigenvalue weighted by Crippen LogP contribution is -1.99. The molecule has 0 N–H and O–H groups in total. The van der Waals surface area contributed by atoms with Crippen molar-refractivity contribution in [3.05, 3.63) is 65.5 Å². The SMILES string of the molecule is O=Cc1ccccc1COc1ccc(F)cc1. The molecule has 2 aromatic rings. The molecule has 2 nitrogen and oxygen atoms in total. The van der Waals surface area contributed by atoms with Gasteiger partial charge in [0.25, 0.3) is 0 Å². The van der Waals surface area contributed by atoms with Crippen molar-refractivity contribution in [3.8, 4) is 5.75 Å². The van der Waals surface area contributed by atoms with Gasteiger partial charge in [-0.05, 0) is 29.8 Å². The van der Waals surface area contributed by atoms with E-state index in [4.69, 9.17) is 4.74 Å². The van der Waals surface area contributed by atoms with Gasteiger partial charge in [0.1, 0.15) is 24.5 Å². The van der Waals surface area contributed by atoms with Gasteiger partial charge in [-0.15, -0.1) is 0 Å². The third-order valence-electron chi connectivity index (χ3n) is 2.39. The molecule has 0 saturated heterocycles. The molecule has 0 atom stereocenters. The molecule has 0 fully saturated rings. The maximum atomic E-state index is 12.7. The van der Waals surface area contributed by atoms with Crippen LogP contribution in [0.15, 0.2) is 48.5 Å². The number of hydrogen-bond acceptors (Lipinski definition) is 2. The minimum Gasteiger partial charge on any atom is -0.489 e. The summed E-state index contributed by atoms with van der Waals surface area (Å²) in [6.07, 6.45) is 0.795. The minimum atomic E-state index is -0.300. The molecule has 0 unspecified atom stereocenters. The predicted molar refractivity (Wildman–Crippen MR) is 62.6 cm³/mol. The van der Waals surface area contributed by atoms with Crippen LogP contribution in [0.4, 0.5) is 4.39 Å². The number of rotatable bonds is 4. The van der Waals surface area contributed by atoms with Crippen molar-refractivity contribution in [2.45, 2.75) is 6.61 Å². The van der Waals surface area contributed by atoms with Crippen LogP contribution in [0.2, 0.25) is 0 Å². The van der Waals surface area contributed by atoms with Gasteiger partial charge in [0, 0.05) is 5.56 Å². The van der Waals surface area contributed by atoms with Gasteiger partial charge >= 0.3 is 0 Å². The molecule has 0 aliphatic carbocycles. The van der Waals surface area contributed by atoms with E-state index < -0.39 is 0 Å². The van der Waals surface area contributed by atoms with Crippen LogP contribution in [0, 0.1) is 5.82 Å². The quantitative estimate of drug-likeness (QED) is 0.754. The standard InChI is InChI=1S/C14H11FO2/c15-13-5-7-14(8-6-13)17-10-12-4-2-1-3-11(12)9-16/h1-9H,10H2. The Morgan fingerprint density at radius 3 is 2.47 bits per heavy atom. The van der Waals surface area contributed by atoms with Crippen molar-refractivity contribution >= 4 is 6.29 Å². The lowest BCUT2D eigenvalue weighted by atomic mass is 10.1. The third-order valence-corrected chi connectivity index (χ3v) is 2.39. The number of benzene rings is 2. The Bertz CT molecular complexity index is 506. The van der Waals surface area contributed by atoms with E-state index in [0.717, 1.165) is 11.8 Å². The summed E-state index contributed by atoms with van der Waals surface area (Å²) in [6, 6.07) is 13.0. The Morgan fingerprint density at radius 2 is 1.76 bits per heavy atom. The first-order chi connectivity index (χ1) is 8.29. The third kappa shape index (κ3) is 2.91. The fourth-order valence-electron chi connectivity index (χ4n) is 1.47. The summed E-state index contributed by atoms with van der Waals surface area (Å²) in [5.41, 5.74) is 1.42. The van der Waals surface area contributed by atoms with Crippen molar-refractivity contribution in [2.75, 3.05) is 0 Å². The molecule has 0 amide bonds. The van der Waals surface area contributed by atoms with Gasteiger partial charge in [-0.1, -0.05) is 24.3 Å². The number of hydrogen-bond donors (Lipinski definition) is 0. The number of carbonyl (C=O) groups excluding carboxylic acids is 1. The summed E-state index contributed by atoms with van der Waals surface area (Å²) in [4.78, 5) is 10.8. The summed E-state index contributed by atoms with van der Waals surface area (Å²) in [5.74, 6) is 0.276. The van der Waals surface area contributed by atoms with Crippen LogP contribution < -0.4 is 4.74 Å². The largest absolute Gasteiger partial charge is 0.489 e. The molecule has 0 spiro atoms. The van der Waals surface area contributed by atoms with Crippen molar-refractivity contribution in [3.63, 3.8) is 0 Å². The van der Waals surface area contributed by atoms with Crippen LogP contribution in [0.1, 0.15) is 15.9 Å². The maximum Gasteiger partial charge on any atom is 0.150 e. The highest BCUT2D eigenvalue weighted by atomic mass is 19.1. The van der Waals surface area contributed by atoms with E-state index in [1.165, 1.54) is 12.1 Å². The molecule has 0 aliphatic heterocycles. The molecule has 17 heavy (non-hydrogen) atoms. The van der Waals surface area contributed by atoms with Crippen LogP contribution in [0.5, 0.6) is 5.75 Å². The monoisotopic (exact) mass is 230 g/mol. The number of ether oxygens (including phenoxy) is 1. The van der Waals surface area contributed by atoms with E-state index in [9.17, 15) is 9.18 Å². The predicted octanol–water partition coefficient (Wildman–Crippen LogP) is 3.22. The lowest BCUT2D eigenvalue weighted by molar-refractivity contribution is 0.112. The van der Waals surface area contributed by atoms with Crippen molar-refractivity contribution in [1.29, 1.82) is 0 Å². The Morgan fingerprint density at radius 1 is 1.06 bits per heavy atom. The highest BCUT2D eigenvalue weighted by Crippen LogP contribution is 2.14. The molecule has 2 aromatic carbocycles. The van der Waals surface area contributed by atoms with Crippen LogP contribution in [0.3, 0.4) is 0 Å². The van der Waals surface area contributed by atoms with Gasteiger partial charge < -0.3 is 4.74 Å². The van der Waals surface area contributed by atoms with Crippen LogP contribution >= 0.6 is 0 Å². The summed E-state index contributed by atoms with van der Waals surface area (Å²) < 4.78 is 18.1. The lowest BCUT2D eigenvalue weighted by Gasteiger charge is -2.07. The smallest absolute Gasteiger partial charge is 0.150 e. The topological polar surface area (TPSA) is 26.3 Å². The Labute approximate surface area is 98.7 Å². The zero-order valence-electron chi connectivity index (χ0n) is 9.10. The summed E-state index contributed by atoms with van der Waals surface area (Å²) in [5, 5.41) is 0. The maximum absolute atomic E-state index is 12.7. The second-order valence-electron chi connectivity index (χ2n) is 3.56. The first-order valence-corrected chi connectivity index (χ1v) is 5.21. The van der Waals surface area contributed by atoms with Crippen LogP contribution in [0.25, 0.3) is 0 Å². The summed E-state index contributed by atoms with van der Waals surface area (Å²) in [6.45, 7) is 0.292. The van der Waals surface area contributed by atoms with Gasteiger partial charge in [-0.2, -0.15) is 0 Å². The molecule has 3 heteroatoms. The first kappa shape index (κ1) is 11.3. The van der Waals surface area contributed by atoms with Crippen LogP contribution in [-0.2, 0) is 6.61 Å². The molecule has 0 radical (unpaired) electrons. The molecule has 0 heterocycles. The molecule has 0 bridgehead atoms. The van der Waals surface area contributed by atoms with E-state index in [1.807, 2.05) is 12.1 Å². The molecular weight excluding hydrogens is 219 g/mol. The zero-order chi connectivity index (χ0) is 12.1. The van der Waals surface area contributed by atoms with Gasteiger partial charge in [0.15, 0.2) is 0 Å². The van der Waals surface area contributed by atoms with Crippen molar-refractivity contribution in [1.82, 2.24) is 0 Å². The highest BCUT2D eigenvalue weighted by Gasteiger charge is 2.01. The first-order valence-electron chi connectivity index (χ1n) is 5.21. The van der Waals surface area contributed by atoms with Gasteiger partial charge in [0.2, 0.25) is 0 Å². The summed E-state index contributed by atoms with van der Waals surface area (Å²) >= 11 is 0. The number of aldehydes is 1. The number of carbonyl (C=O) groups is 1. The number of halogens is 1. The molecular formula is C14H11FO2. The molecule has 2 rings (SSSR count). The van der Waals surface area contributed by atoms with E-state index in [-0.39, 0.29) is 5.82 Å². The average Bonchev–Trinajstić information content (AvgIpc) is 2.38. The Hall–Kier alpha value is -2.16. The Kier molecular flexibility index (Phi) is 3.50. The minimum absolute atomic E-state index is 0.292. The second kappa shape index (κ2) is 5.25. The highest BCUT2D eigenvalue weighted by molar-refractivity contribution is 5.77. The molecule has 0 aliphatic rings. The zero-order valence-corrected chi connectivity index (χ0v) is 9.10.